The molecule has 1 aliphatic carbocycles. The first-order valence-electron chi connectivity index (χ1n) is 17.0. The summed E-state index contributed by atoms with van der Waals surface area (Å²) in [6.07, 6.45) is 11.4. The summed E-state index contributed by atoms with van der Waals surface area (Å²) in [5.41, 5.74) is 7.08. The van der Waals surface area contributed by atoms with Gasteiger partial charge in [-0.05, 0) is 62.3 Å². The van der Waals surface area contributed by atoms with Gasteiger partial charge in [0, 0.05) is 64.4 Å². The Kier molecular flexibility index (Phi) is 14.7. The summed E-state index contributed by atoms with van der Waals surface area (Å²) in [5.74, 6) is 0.636. The van der Waals surface area contributed by atoms with Gasteiger partial charge >= 0.3 is 0 Å². The quantitative estimate of drug-likeness (QED) is 0.180. The lowest BCUT2D eigenvalue weighted by Gasteiger charge is -2.40. The van der Waals surface area contributed by atoms with E-state index in [0.717, 1.165) is 56.7 Å². The predicted octanol–water partition coefficient (Wildman–Crippen LogP) is 3.90. The summed E-state index contributed by atoms with van der Waals surface area (Å²) < 4.78 is 0. The second kappa shape index (κ2) is 18.4. The van der Waals surface area contributed by atoms with E-state index in [2.05, 4.69) is 34.3 Å². The summed E-state index contributed by atoms with van der Waals surface area (Å²) in [6, 6.07) is 7.58. The highest BCUT2D eigenvalue weighted by Gasteiger charge is 2.39. The van der Waals surface area contributed by atoms with Crippen LogP contribution >= 0.6 is 0 Å². The van der Waals surface area contributed by atoms with Crippen molar-refractivity contribution in [2.24, 2.45) is 22.7 Å². The van der Waals surface area contributed by atoms with E-state index in [9.17, 15) is 19.2 Å². The number of piperazine rings is 1. The SMILES string of the molecule is C=NN(C)/C(=C\C)C(N)=O.CCC(=O)NC(Cc1ccc(NC(=O)CC2CCCCC2)cc1)C(=O)N1CCN2CCC(CC)[C@H]2C1. The Morgan fingerprint density at radius 2 is 1.74 bits per heavy atom. The lowest BCUT2D eigenvalue weighted by atomic mass is 9.87. The fourth-order valence-corrected chi connectivity index (χ4v) is 6.88. The number of allylic oxidation sites excluding steroid dienone is 1. The smallest absolute Gasteiger partial charge is 0.266 e. The van der Waals surface area contributed by atoms with Crippen LogP contribution < -0.4 is 16.4 Å². The molecule has 0 spiro atoms. The third kappa shape index (κ3) is 10.7. The molecule has 4 amide bonds. The van der Waals surface area contributed by atoms with E-state index >= 15 is 0 Å². The van der Waals surface area contributed by atoms with E-state index < -0.39 is 11.9 Å². The fraction of sp³-hybridized carbons (Fsp3) is 0.629. The van der Waals surface area contributed by atoms with Gasteiger partial charge in [-0.2, -0.15) is 5.10 Å². The van der Waals surface area contributed by atoms with E-state index in [1.165, 1.54) is 30.7 Å². The number of hydrazone groups is 1. The minimum absolute atomic E-state index is 0.0167. The molecule has 1 saturated carbocycles. The maximum Gasteiger partial charge on any atom is 0.266 e. The van der Waals surface area contributed by atoms with Crippen LogP contribution in [0.2, 0.25) is 0 Å². The van der Waals surface area contributed by atoms with E-state index in [4.69, 9.17) is 5.73 Å². The number of anilines is 1. The maximum atomic E-state index is 13.6. The van der Waals surface area contributed by atoms with Crippen LogP contribution in [-0.2, 0) is 25.6 Å². The zero-order valence-electron chi connectivity index (χ0n) is 28.3. The topological polar surface area (TPSA) is 140 Å². The number of hydrogen-bond donors (Lipinski definition) is 3. The van der Waals surface area contributed by atoms with E-state index in [0.29, 0.717) is 42.8 Å². The molecular weight excluding hydrogens is 582 g/mol. The van der Waals surface area contributed by atoms with Crippen molar-refractivity contribution in [3.63, 3.8) is 0 Å². The van der Waals surface area contributed by atoms with Crippen LogP contribution in [0, 0.1) is 11.8 Å². The van der Waals surface area contributed by atoms with Crippen molar-refractivity contribution in [3.05, 3.63) is 41.6 Å². The van der Waals surface area contributed by atoms with Crippen molar-refractivity contribution in [2.45, 2.75) is 97.1 Å². The first-order valence-corrected chi connectivity index (χ1v) is 17.0. The van der Waals surface area contributed by atoms with Gasteiger partial charge in [0.2, 0.25) is 17.7 Å². The molecule has 2 saturated heterocycles. The predicted molar refractivity (Wildman–Crippen MR) is 183 cm³/mol. The third-order valence-corrected chi connectivity index (χ3v) is 9.62. The second-order valence-electron chi connectivity index (χ2n) is 12.7. The van der Waals surface area contributed by atoms with Crippen LogP contribution in [0.25, 0.3) is 0 Å². The Hall–Kier alpha value is -3.73. The number of carbonyl (C=O) groups is 4. The van der Waals surface area contributed by atoms with Crippen molar-refractivity contribution in [1.82, 2.24) is 20.1 Å². The lowest BCUT2D eigenvalue weighted by molar-refractivity contribution is -0.138. The number of nitrogens with one attached hydrogen (secondary N) is 2. The van der Waals surface area contributed by atoms with Gasteiger partial charge in [-0.3, -0.25) is 29.1 Å². The molecule has 2 unspecified atom stereocenters. The first kappa shape index (κ1) is 36.7. The standard InChI is InChI=1S/C29H44N4O3.C6H11N3O/c1-3-23-14-15-32-16-17-33(20-26(23)32)29(36)25(31-27(34)4-2)18-22-10-12-24(13-11-22)30-28(35)19-21-8-6-5-7-9-21;1-4-5(6(7)10)9(3)8-2/h10-13,21,23,25-26H,3-9,14-20H2,1-2H3,(H,30,35)(H,31,34);4H,2H2,1,3H3,(H2,7,10)/b;5-4-/t23?,25?,26-;/m1./s1. The molecule has 254 valence electrons. The van der Waals surface area contributed by atoms with Gasteiger partial charge in [0.1, 0.15) is 11.7 Å². The Balaban J connectivity index is 0.000000498. The zero-order valence-corrected chi connectivity index (χ0v) is 28.3. The summed E-state index contributed by atoms with van der Waals surface area (Å²) in [6.45, 7) is 12.5. The van der Waals surface area contributed by atoms with Gasteiger partial charge in [-0.25, -0.2) is 0 Å². The van der Waals surface area contributed by atoms with Crippen molar-refractivity contribution < 1.29 is 19.2 Å². The van der Waals surface area contributed by atoms with Crippen LogP contribution in [0.15, 0.2) is 41.1 Å². The highest BCUT2D eigenvalue weighted by atomic mass is 16.2. The normalized spacial score (nSPS) is 20.9. The number of nitrogens with two attached hydrogens (primary N) is 1. The van der Waals surface area contributed by atoms with Gasteiger partial charge in [0.25, 0.3) is 5.91 Å². The number of likely N-dealkylation sites (N-methyl/N-ethyl adjacent to an activating group) is 1. The van der Waals surface area contributed by atoms with E-state index in [-0.39, 0.29) is 17.7 Å². The molecule has 46 heavy (non-hydrogen) atoms. The highest BCUT2D eigenvalue weighted by molar-refractivity contribution is 5.91. The number of benzene rings is 1. The monoisotopic (exact) mass is 637 g/mol. The van der Waals surface area contributed by atoms with Crippen LogP contribution in [0.3, 0.4) is 0 Å². The molecule has 0 radical (unpaired) electrons. The second-order valence-corrected chi connectivity index (χ2v) is 12.7. The van der Waals surface area contributed by atoms with Crippen LogP contribution in [0.5, 0.6) is 0 Å². The Morgan fingerprint density at radius 1 is 1.04 bits per heavy atom. The zero-order chi connectivity index (χ0) is 33.6. The van der Waals surface area contributed by atoms with Gasteiger partial charge in [-0.1, -0.05) is 57.7 Å². The van der Waals surface area contributed by atoms with Crippen molar-refractivity contribution >= 4 is 36.0 Å². The molecule has 1 aromatic carbocycles. The third-order valence-electron chi connectivity index (χ3n) is 9.62. The molecule has 3 aliphatic rings. The van der Waals surface area contributed by atoms with Gasteiger partial charge in [-0.15, -0.1) is 0 Å². The van der Waals surface area contributed by atoms with Crippen LogP contribution in [0.4, 0.5) is 5.69 Å². The molecule has 4 rings (SSSR count). The molecule has 11 nitrogen and oxygen atoms in total. The minimum Gasteiger partial charge on any atom is -0.364 e. The summed E-state index contributed by atoms with van der Waals surface area (Å²) in [4.78, 5) is 53.4. The average molecular weight is 638 g/mol. The van der Waals surface area contributed by atoms with Crippen LogP contribution in [0.1, 0.15) is 84.1 Å². The summed E-state index contributed by atoms with van der Waals surface area (Å²) in [7, 11) is 1.60. The number of fused-ring (bicyclic) bond motifs is 1. The summed E-state index contributed by atoms with van der Waals surface area (Å²) in [5, 5.41) is 10.8. The molecule has 4 N–H and O–H groups in total. The number of primary amides is 1. The van der Waals surface area contributed by atoms with Gasteiger partial charge in [0.15, 0.2) is 0 Å². The number of carbonyl (C=O) groups excluding carboxylic acids is 4. The molecule has 2 aliphatic heterocycles. The van der Waals surface area contributed by atoms with Gasteiger partial charge < -0.3 is 21.3 Å². The Bertz CT molecular complexity index is 1210. The largest absolute Gasteiger partial charge is 0.364 e. The summed E-state index contributed by atoms with van der Waals surface area (Å²) >= 11 is 0. The molecule has 3 atom stereocenters. The van der Waals surface area contributed by atoms with Gasteiger partial charge in [0.05, 0.1) is 0 Å². The first-order chi connectivity index (χ1) is 22.1. The fourth-order valence-electron chi connectivity index (χ4n) is 6.88. The van der Waals surface area contributed by atoms with Crippen molar-refractivity contribution in [3.8, 4) is 0 Å². The highest BCUT2D eigenvalue weighted by Crippen LogP contribution is 2.30. The molecule has 11 heteroatoms. The van der Waals surface area contributed by atoms with E-state index in [1.807, 2.05) is 36.1 Å². The van der Waals surface area contributed by atoms with E-state index in [1.54, 1.807) is 20.0 Å². The number of hydrogen-bond acceptors (Lipinski definition) is 7. The molecule has 3 fully saturated rings. The van der Waals surface area contributed by atoms with Crippen molar-refractivity contribution in [1.29, 1.82) is 0 Å². The van der Waals surface area contributed by atoms with Crippen LogP contribution in [-0.4, -0.2) is 90.5 Å². The molecule has 0 bridgehead atoms. The maximum absolute atomic E-state index is 13.6. The molecular formula is C35H55N7O4. The lowest BCUT2D eigenvalue weighted by Crippen LogP contribution is -2.58. The Labute approximate surface area is 275 Å². The Morgan fingerprint density at radius 3 is 2.30 bits per heavy atom. The number of amides is 4. The number of nitrogens with zero attached hydrogens (tertiary/aromatic N) is 4. The molecule has 0 aromatic heterocycles. The molecule has 2 heterocycles. The molecule has 1 aromatic rings. The average Bonchev–Trinajstić information content (AvgIpc) is 3.48. The minimum atomic E-state index is -0.572. The van der Waals surface area contributed by atoms with Crippen molar-refractivity contribution in [2.75, 3.05) is 38.5 Å². The number of rotatable bonds is 12.